The van der Waals surface area contributed by atoms with E-state index in [1.807, 2.05) is 47.3 Å². The van der Waals surface area contributed by atoms with Gasteiger partial charge in [0.1, 0.15) is 12.4 Å². The number of benzene rings is 2. The lowest BCUT2D eigenvalue weighted by Gasteiger charge is -2.28. The van der Waals surface area contributed by atoms with Gasteiger partial charge in [0.15, 0.2) is 0 Å². The third-order valence-electron chi connectivity index (χ3n) is 3.71. The van der Waals surface area contributed by atoms with Gasteiger partial charge >= 0.3 is 7.05 Å². The standard InChI is InChI=1S/C16H18BNO2/c1-17(19)18-14(11-13-7-5-6-10-16(13)18)12-20-15-8-3-2-4-9-15/h2-10,14,19H,11-12H2,1H3/t14-/m0/s1. The van der Waals surface area contributed by atoms with Crippen LogP contribution in [0.15, 0.2) is 54.6 Å². The number of para-hydroxylation sites is 2. The average molecular weight is 267 g/mol. The number of nitrogens with zero attached hydrogens (tertiary/aromatic N) is 1. The van der Waals surface area contributed by atoms with Crippen molar-refractivity contribution >= 4 is 12.7 Å². The van der Waals surface area contributed by atoms with Gasteiger partial charge in [0.05, 0.1) is 6.04 Å². The second-order valence-corrected chi connectivity index (χ2v) is 5.15. The predicted octanol–water partition coefficient (Wildman–Crippen LogP) is 2.61. The van der Waals surface area contributed by atoms with Crippen molar-refractivity contribution in [2.75, 3.05) is 11.4 Å². The summed E-state index contributed by atoms with van der Waals surface area (Å²) in [6, 6.07) is 18.2. The van der Waals surface area contributed by atoms with E-state index in [0.29, 0.717) is 6.61 Å². The van der Waals surface area contributed by atoms with Crippen LogP contribution in [0.3, 0.4) is 0 Å². The third kappa shape index (κ3) is 2.52. The highest BCUT2D eigenvalue weighted by molar-refractivity contribution is 6.54. The summed E-state index contributed by atoms with van der Waals surface area (Å²) < 4.78 is 5.85. The molecule has 0 radical (unpaired) electrons. The third-order valence-corrected chi connectivity index (χ3v) is 3.71. The van der Waals surface area contributed by atoms with E-state index in [9.17, 15) is 5.02 Å². The maximum atomic E-state index is 10.0. The Labute approximate surface area is 119 Å². The first kappa shape index (κ1) is 13.1. The minimum absolute atomic E-state index is 0.174. The predicted molar refractivity (Wildman–Crippen MR) is 82.2 cm³/mol. The molecule has 1 aliphatic heterocycles. The minimum Gasteiger partial charge on any atom is -0.491 e. The lowest BCUT2D eigenvalue weighted by atomic mass is 9.83. The van der Waals surface area contributed by atoms with Crippen LogP contribution in [-0.4, -0.2) is 24.7 Å². The molecular formula is C16H18BNO2. The smallest absolute Gasteiger partial charge is 0.409 e. The Morgan fingerprint density at radius 2 is 1.85 bits per heavy atom. The summed E-state index contributed by atoms with van der Waals surface area (Å²) in [6.07, 6.45) is 0.911. The summed E-state index contributed by atoms with van der Waals surface area (Å²) >= 11 is 0. The molecule has 3 nitrogen and oxygen atoms in total. The van der Waals surface area contributed by atoms with Crippen LogP contribution in [0.4, 0.5) is 5.69 Å². The summed E-state index contributed by atoms with van der Waals surface area (Å²) in [5.41, 5.74) is 2.39. The van der Waals surface area contributed by atoms with Gasteiger partial charge in [-0.3, -0.25) is 0 Å². The van der Waals surface area contributed by atoms with Crippen molar-refractivity contribution < 1.29 is 9.76 Å². The molecular weight excluding hydrogens is 249 g/mol. The molecule has 1 heterocycles. The van der Waals surface area contributed by atoms with Crippen LogP contribution in [-0.2, 0) is 6.42 Å². The molecule has 2 aromatic rings. The second kappa shape index (κ2) is 5.59. The van der Waals surface area contributed by atoms with Gasteiger partial charge in [-0.2, -0.15) is 0 Å². The highest BCUT2D eigenvalue weighted by atomic mass is 16.5. The van der Waals surface area contributed by atoms with Gasteiger partial charge in [-0.1, -0.05) is 36.4 Å². The summed E-state index contributed by atoms with van der Waals surface area (Å²) in [5, 5.41) is 10.0. The van der Waals surface area contributed by atoms with Crippen molar-refractivity contribution in [2.45, 2.75) is 19.3 Å². The van der Waals surface area contributed by atoms with Gasteiger partial charge < -0.3 is 14.6 Å². The molecule has 0 bridgehead atoms. The van der Waals surface area contributed by atoms with Gasteiger partial charge in [-0.15, -0.1) is 0 Å². The molecule has 20 heavy (non-hydrogen) atoms. The van der Waals surface area contributed by atoms with E-state index in [1.165, 1.54) is 5.56 Å². The normalized spacial score (nSPS) is 16.9. The zero-order valence-electron chi connectivity index (χ0n) is 11.6. The van der Waals surface area contributed by atoms with Gasteiger partial charge in [0, 0.05) is 5.69 Å². The first-order valence-electron chi connectivity index (χ1n) is 6.98. The highest BCUT2D eigenvalue weighted by Gasteiger charge is 2.33. The first-order chi connectivity index (χ1) is 9.75. The zero-order valence-corrected chi connectivity index (χ0v) is 11.6. The molecule has 1 aliphatic rings. The molecule has 1 atom stereocenters. The van der Waals surface area contributed by atoms with Gasteiger partial charge in [-0.05, 0) is 37.0 Å². The minimum atomic E-state index is -0.511. The number of ether oxygens (including phenoxy) is 1. The Morgan fingerprint density at radius 3 is 2.60 bits per heavy atom. The molecule has 0 amide bonds. The Kier molecular flexibility index (Phi) is 3.65. The largest absolute Gasteiger partial charge is 0.491 e. The average Bonchev–Trinajstić information content (AvgIpc) is 2.84. The van der Waals surface area contributed by atoms with Crippen molar-refractivity contribution in [3.8, 4) is 5.75 Å². The molecule has 102 valence electrons. The van der Waals surface area contributed by atoms with E-state index in [2.05, 4.69) is 12.1 Å². The van der Waals surface area contributed by atoms with Gasteiger partial charge in [0.2, 0.25) is 0 Å². The highest BCUT2D eigenvalue weighted by Crippen LogP contribution is 2.32. The van der Waals surface area contributed by atoms with E-state index in [4.69, 9.17) is 4.74 Å². The van der Waals surface area contributed by atoms with E-state index in [1.54, 1.807) is 6.82 Å². The van der Waals surface area contributed by atoms with E-state index in [0.717, 1.165) is 17.9 Å². The molecule has 0 unspecified atom stereocenters. The summed E-state index contributed by atoms with van der Waals surface area (Å²) in [7, 11) is -0.511. The van der Waals surface area contributed by atoms with E-state index in [-0.39, 0.29) is 6.04 Å². The Morgan fingerprint density at radius 1 is 1.15 bits per heavy atom. The molecule has 0 saturated carbocycles. The first-order valence-corrected chi connectivity index (χ1v) is 6.98. The van der Waals surface area contributed by atoms with Crippen molar-refractivity contribution in [1.82, 2.24) is 0 Å². The van der Waals surface area contributed by atoms with E-state index < -0.39 is 7.05 Å². The monoisotopic (exact) mass is 267 g/mol. The van der Waals surface area contributed by atoms with Crippen molar-refractivity contribution in [3.63, 3.8) is 0 Å². The quantitative estimate of drug-likeness (QED) is 0.864. The number of fused-ring (bicyclic) bond motifs is 1. The van der Waals surface area contributed by atoms with E-state index >= 15 is 0 Å². The van der Waals surface area contributed by atoms with Crippen LogP contribution in [0.2, 0.25) is 6.82 Å². The van der Waals surface area contributed by atoms with Crippen molar-refractivity contribution in [2.24, 2.45) is 0 Å². The lowest BCUT2D eigenvalue weighted by Crippen LogP contribution is -2.45. The fraction of sp³-hybridized carbons (Fsp3) is 0.250. The van der Waals surface area contributed by atoms with Gasteiger partial charge in [0.25, 0.3) is 0 Å². The molecule has 3 rings (SSSR count). The molecule has 0 saturated heterocycles. The summed E-state index contributed by atoms with van der Waals surface area (Å²) in [4.78, 5) is 2.04. The van der Waals surface area contributed by atoms with Crippen LogP contribution >= 0.6 is 0 Å². The second-order valence-electron chi connectivity index (χ2n) is 5.15. The fourth-order valence-electron chi connectivity index (χ4n) is 2.84. The molecule has 4 heteroatoms. The zero-order chi connectivity index (χ0) is 13.9. The number of anilines is 1. The fourth-order valence-corrected chi connectivity index (χ4v) is 2.84. The maximum absolute atomic E-state index is 10.0. The Balaban J connectivity index is 1.74. The maximum Gasteiger partial charge on any atom is 0.409 e. The topological polar surface area (TPSA) is 32.7 Å². The summed E-state index contributed by atoms with van der Waals surface area (Å²) in [5.74, 6) is 0.869. The molecule has 0 spiro atoms. The molecule has 0 fully saturated rings. The van der Waals surface area contributed by atoms with Crippen LogP contribution in [0.5, 0.6) is 5.75 Å². The lowest BCUT2D eigenvalue weighted by molar-refractivity contribution is 0.290. The van der Waals surface area contributed by atoms with Crippen LogP contribution < -0.4 is 9.55 Å². The molecule has 2 aromatic carbocycles. The van der Waals surface area contributed by atoms with Crippen molar-refractivity contribution in [3.05, 3.63) is 60.2 Å². The number of hydrogen-bond donors (Lipinski definition) is 1. The SMILES string of the molecule is CB(O)N1c2ccccc2C[C@H]1COc1ccccc1. The Bertz CT molecular complexity index is 574. The van der Waals surface area contributed by atoms with Crippen LogP contribution in [0.1, 0.15) is 5.56 Å². The summed E-state index contributed by atoms with van der Waals surface area (Å²) in [6.45, 7) is 2.38. The van der Waals surface area contributed by atoms with Crippen LogP contribution in [0, 0.1) is 0 Å². The number of hydrogen-bond acceptors (Lipinski definition) is 3. The van der Waals surface area contributed by atoms with Crippen molar-refractivity contribution in [1.29, 1.82) is 0 Å². The number of rotatable bonds is 4. The van der Waals surface area contributed by atoms with Gasteiger partial charge in [-0.25, -0.2) is 0 Å². The molecule has 1 N–H and O–H groups in total. The van der Waals surface area contributed by atoms with Crippen LogP contribution in [0.25, 0.3) is 0 Å². The molecule has 0 aliphatic carbocycles. The Hall–Kier alpha value is -1.94. The molecule has 0 aromatic heterocycles.